The Kier molecular flexibility index (Phi) is 4.17. The normalized spacial score (nSPS) is 12.5. The van der Waals surface area contributed by atoms with Crippen LogP contribution < -0.4 is 10.1 Å². The average molecular weight is 280 g/mol. The van der Waals surface area contributed by atoms with E-state index in [1.165, 1.54) is 0 Å². The van der Waals surface area contributed by atoms with Crippen LogP contribution in [0.3, 0.4) is 0 Å². The van der Waals surface area contributed by atoms with Crippen molar-refractivity contribution in [2.75, 3.05) is 14.2 Å². The molecule has 1 heterocycles. The molecule has 4 heteroatoms. The quantitative estimate of drug-likeness (QED) is 0.923. The fourth-order valence-electron chi connectivity index (χ4n) is 2.28. The van der Waals surface area contributed by atoms with Gasteiger partial charge in [0.25, 0.3) is 0 Å². The summed E-state index contributed by atoms with van der Waals surface area (Å²) in [5.41, 5.74) is 3.40. The van der Waals surface area contributed by atoms with E-state index in [1.807, 2.05) is 26.1 Å². The van der Waals surface area contributed by atoms with Gasteiger partial charge in [0.1, 0.15) is 11.5 Å². The number of ether oxygens (including phenoxy) is 1. The second-order valence-electron chi connectivity index (χ2n) is 4.54. The summed E-state index contributed by atoms with van der Waals surface area (Å²) in [7, 11) is 3.59. The summed E-state index contributed by atoms with van der Waals surface area (Å²) < 4.78 is 10.9. The van der Waals surface area contributed by atoms with Crippen LogP contribution in [-0.2, 0) is 0 Å². The minimum Gasteiger partial charge on any atom is -0.496 e. The van der Waals surface area contributed by atoms with Crippen molar-refractivity contribution in [1.82, 2.24) is 5.32 Å². The monoisotopic (exact) mass is 279 g/mol. The van der Waals surface area contributed by atoms with E-state index in [0.717, 1.165) is 28.2 Å². The van der Waals surface area contributed by atoms with Gasteiger partial charge in [-0.15, -0.1) is 0 Å². The molecule has 3 nitrogen and oxygen atoms in total. The molecule has 0 radical (unpaired) electrons. The first-order valence-corrected chi connectivity index (χ1v) is 6.52. The highest BCUT2D eigenvalue weighted by Crippen LogP contribution is 2.31. The van der Waals surface area contributed by atoms with Crippen molar-refractivity contribution in [2.45, 2.75) is 19.9 Å². The van der Waals surface area contributed by atoms with Crippen molar-refractivity contribution >= 4 is 11.6 Å². The second-order valence-corrected chi connectivity index (χ2v) is 4.91. The highest BCUT2D eigenvalue weighted by Gasteiger charge is 2.19. The van der Waals surface area contributed by atoms with Crippen molar-refractivity contribution in [1.29, 1.82) is 0 Å². The fourth-order valence-corrected chi connectivity index (χ4v) is 2.43. The highest BCUT2D eigenvalue weighted by molar-refractivity contribution is 6.28. The molecule has 0 saturated carbocycles. The minimum atomic E-state index is -0.0166. The van der Waals surface area contributed by atoms with E-state index in [-0.39, 0.29) is 6.04 Å². The van der Waals surface area contributed by atoms with Gasteiger partial charge in [0.15, 0.2) is 5.22 Å². The van der Waals surface area contributed by atoms with E-state index in [4.69, 9.17) is 20.8 Å². The molecular formula is C15H18ClNO2. The van der Waals surface area contributed by atoms with Crippen LogP contribution >= 0.6 is 11.6 Å². The lowest BCUT2D eigenvalue weighted by atomic mass is 9.96. The molecule has 2 aromatic rings. The predicted octanol–water partition coefficient (Wildman–Crippen LogP) is 3.87. The Morgan fingerprint density at radius 2 is 1.95 bits per heavy atom. The number of hydrogen-bond donors (Lipinski definition) is 1. The number of methoxy groups -OCH3 is 1. The lowest BCUT2D eigenvalue weighted by molar-refractivity contribution is 0.410. The Balaban J connectivity index is 2.47. The molecule has 0 aliphatic heterocycles. The van der Waals surface area contributed by atoms with Gasteiger partial charge in [0, 0.05) is 0 Å². The predicted molar refractivity (Wildman–Crippen MR) is 77.1 cm³/mol. The van der Waals surface area contributed by atoms with Crippen LogP contribution in [0.5, 0.6) is 5.75 Å². The molecule has 0 spiro atoms. The number of aryl methyl sites for hydroxylation is 2. The molecule has 0 aliphatic rings. The van der Waals surface area contributed by atoms with E-state index in [2.05, 4.69) is 18.3 Å². The zero-order valence-corrected chi connectivity index (χ0v) is 12.3. The zero-order valence-electron chi connectivity index (χ0n) is 11.6. The first kappa shape index (κ1) is 14.0. The SMILES string of the molecule is CNC(c1ccc(Cl)o1)c1cc(C)c(OC)cc1C. The fraction of sp³-hybridized carbons (Fsp3) is 0.333. The number of nitrogens with one attached hydrogen (secondary N) is 1. The van der Waals surface area contributed by atoms with Gasteiger partial charge in [-0.2, -0.15) is 0 Å². The topological polar surface area (TPSA) is 34.4 Å². The van der Waals surface area contributed by atoms with Gasteiger partial charge in [0.05, 0.1) is 13.2 Å². The van der Waals surface area contributed by atoms with E-state index in [0.29, 0.717) is 5.22 Å². The van der Waals surface area contributed by atoms with E-state index >= 15 is 0 Å². The number of furan rings is 1. The highest BCUT2D eigenvalue weighted by atomic mass is 35.5. The van der Waals surface area contributed by atoms with Crippen LogP contribution in [0.2, 0.25) is 5.22 Å². The molecule has 1 aromatic carbocycles. The minimum absolute atomic E-state index is 0.0166. The zero-order chi connectivity index (χ0) is 14.0. The number of benzene rings is 1. The van der Waals surface area contributed by atoms with Gasteiger partial charge in [-0.3, -0.25) is 0 Å². The summed E-state index contributed by atoms with van der Waals surface area (Å²) in [6.07, 6.45) is 0. The summed E-state index contributed by atoms with van der Waals surface area (Å²) in [5, 5.41) is 3.66. The first-order valence-electron chi connectivity index (χ1n) is 6.14. The van der Waals surface area contributed by atoms with Crippen molar-refractivity contribution in [2.24, 2.45) is 0 Å². The number of halogens is 1. The summed E-state index contributed by atoms with van der Waals surface area (Å²) in [6.45, 7) is 4.09. The molecule has 1 atom stereocenters. The molecule has 2 rings (SSSR count). The number of hydrogen-bond acceptors (Lipinski definition) is 3. The standard InChI is InChI=1S/C15H18ClNO2/c1-9-8-13(18-4)10(2)7-11(9)15(17-3)12-5-6-14(16)19-12/h5-8,15,17H,1-4H3. The van der Waals surface area contributed by atoms with Gasteiger partial charge in [0.2, 0.25) is 0 Å². The van der Waals surface area contributed by atoms with E-state index in [1.54, 1.807) is 13.2 Å². The molecule has 0 bridgehead atoms. The lowest BCUT2D eigenvalue weighted by Gasteiger charge is -2.18. The Hall–Kier alpha value is -1.45. The summed E-state index contributed by atoms with van der Waals surface area (Å²) >= 11 is 5.85. The first-order chi connectivity index (χ1) is 9.06. The Bertz CT molecular complexity index is 578. The molecule has 0 amide bonds. The third-order valence-electron chi connectivity index (χ3n) is 3.26. The summed E-state index contributed by atoms with van der Waals surface area (Å²) in [6, 6.07) is 7.79. The van der Waals surface area contributed by atoms with Gasteiger partial charge in [-0.25, -0.2) is 0 Å². The van der Waals surface area contributed by atoms with E-state index < -0.39 is 0 Å². The van der Waals surface area contributed by atoms with Crippen molar-refractivity contribution < 1.29 is 9.15 Å². The van der Waals surface area contributed by atoms with Crippen LogP contribution in [0, 0.1) is 13.8 Å². The molecule has 0 aliphatic carbocycles. The van der Waals surface area contributed by atoms with Crippen LogP contribution in [0.15, 0.2) is 28.7 Å². The van der Waals surface area contributed by atoms with Crippen molar-refractivity contribution in [3.05, 3.63) is 51.9 Å². The number of rotatable bonds is 4. The van der Waals surface area contributed by atoms with Crippen LogP contribution in [0.25, 0.3) is 0 Å². The van der Waals surface area contributed by atoms with Gasteiger partial charge in [-0.1, -0.05) is 6.07 Å². The maximum atomic E-state index is 5.85. The maximum absolute atomic E-state index is 5.85. The molecular weight excluding hydrogens is 262 g/mol. The van der Waals surface area contributed by atoms with Crippen LogP contribution in [0.4, 0.5) is 0 Å². The van der Waals surface area contributed by atoms with Crippen LogP contribution in [0.1, 0.15) is 28.5 Å². The summed E-state index contributed by atoms with van der Waals surface area (Å²) in [5.74, 6) is 1.70. The second kappa shape index (κ2) is 5.68. The molecule has 0 fully saturated rings. The molecule has 1 N–H and O–H groups in total. The lowest BCUT2D eigenvalue weighted by Crippen LogP contribution is -2.18. The Morgan fingerprint density at radius 3 is 2.47 bits per heavy atom. The largest absolute Gasteiger partial charge is 0.496 e. The maximum Gasteiger partial charge on any atom is 0.193 e. The van der Waals surface area contributed by atoms with Gasteiger partial charge in [-0.05, 0) is 67.4 Å². The van der Waals surface area contributed by atoms with Crippen LogP contribution in [-0.4, -0.2) is 14.2 Å². The van der Waals surface area contributed by atoms with E-state index in [9.17, 15) is 0 Å². The van der Waals surface area contributed by atoms with Crippen molar-refractivity contribution in [3.63, 3.8) is 0 Å². The smallest absolute Gasteiger partial charge is 0.193 e. The van der Waals surface area contributed by atoms with Crippen molar-refractivity contribution in [3.8, 4) is 5.75 Å². The molecule has 1 aromatic heterocycles. The molecule has 0 saturated heterocycles. The molecule has 1 unspecified atom stereocenters. The Morgan fingerprint density at radius 1 is 1.21 bits per heavy atom. The molecule has 102 valence electrons. The average Bonchev–Trinajstić information content (AvgIpc) is 2.80. The summed E-state index contributed by atoms with van der Waals surface area (Å²) in [4.78, 5) is 0. The molecule has 19 heavy (non-hydrogen) atoms. The van der Waals surface area contributed by atoms with Gasteiger partial charge < -0.3 is 14.5 Å². The third kappa shape index (κ3) is 2.77. The third-order valence-corrected chi connectivity index (χ3v) is 3.46. The van der Waals surface area contributed by atoms with Gasteiger partial charge >= 0.3 is 0 Å². The Labute approximate surface area is 118 Å².